The lowest BCUT2D eigenvalue weighted by Crippen LogP contribution is -2.46. The summed E-state index contributed by atoms with van der Waals surface area (Å²) in [5.74, 6) is 0.0152. The number of hydrogen-bond acceptors (Lipinski definition) is 3. The van der Waals surface area contributed by atoms with Gasteiger partial charge in [0, 0.05) is 24.3 Å². The van der Waals surface area contributed by atoms with E-state index in [-0.39, 0.29) is 17.9 Å². The summed E-state index contributed by atoms with van der Waals surface area (Å²) in [7, 11) is 0. The minimum absolute atomic E-state index is 0.0152. The van der Waals surface area contributed by atoms with Gasteiger partial charge in [-0.25, -0.2) is 0 Å². The van der Waals surface area contributed by atoms with Crippen LogP contribution in [0.2, 0.25) is 0 Å². The highest BCUT2D eigenvalue weighted by molar-refractivity contribution is 5.92. The van der Waals surface area contributed by atoms with Crippen molar-refractivity contribution >= 4 is 11.6 Å². The van der Waals surface area contributed by atoms with Gasteiger partial charge >= 0.3 is 0 Å². The van der Waals surface area contributed by atoms with E-state index in [0.29, 0.717) is 6.54 Å². The van der Waals surface area contributed by atoms with Crippen molar-refractivity contribution in [3.8, 4) is 0 Å². The second-order valence-electron chi connectivity index (χ2n) is 6.38. The van der Waals surface area contributed by atoms with Crippen molar-refractivity contribution in [3.05, 3.63) is 29.8 Å². The predicted octanol–water partition coefficient (Wildman–Crippen LogP) is 2.28. The van der Waals surface area contributed by atoms with Crippen molar-refractivity contribution in [3.63, 3.8) is 0 Å². The molecule has 0 aromatic heterocycles. The Morgan fingerprint density at radius 3 is 2.71 bits per heavy atom. The molecule has 1 fully saturated rings. The maximum atomic E-state index is 12.1. The number of amides is 1. The van der Waals surface area contributed by atoms with Crippen LogP contribution in [0.1, 0.15) is 32.3 Å². The molecule has 1 saturated heterocycles. The zero-order valence-corrected chi connectivity index (χ0v) is 13.1. The van der Waals surface area contributed by atoms with Crippen molar-refractivity contribution in [1.82, 2.24) is 4.90 Å². The Kier molecular flexibility index (Phi) is 5.37. The summed E-state index contributed by atoms with van der Waals surface area (Å²) in [6, 6.07) is 7.98. The number of hydrogen-bond donors (Lipinski definition) is 2. The zero-order chi connectivity index (χ0) is 15.3. The molecule has 1 atom stereocenters. The molecule has 1 unspecified atom stereocenters. The predicted molar refractivity (Wildman–Crippen MR) is 85.3 cm³/mol. The third-order valence-corrected chi connectivity index (χ3v) is 4.25. The normalized spacial score (nSPS) is 23.0. The van der Waals surface area contributed by atoms with E-state index < -0.39 is 0 Å². The maximum absolute atomic E-state index is 12.1. The highest BCUT2D eigenvalue weighted by atomic mass is 16.3. The number of rotatable bonds is 5. The quantitative estimate of drug-likeness (QED) is 0.875. The van der Waals surface area contributed by atoms with Crippen molar-refractivity contribution in [2.24, 2.45) is 5.41 Å². The second-order valence-corrected chi connectivity index (χ2v) is 6.38. The Morgan fingerprint density at radius 1 is 1.38 bits per heavy atom. The molecule has 116 valence electrons. The van der Waals surface area contributed by atoms with Gasteiger partial charge in [0.15, 0.2) is 0 Å². The Balaban J connectivity index is 1.86. The van der Waals surface area contributed by atoms with E-state index in [9.17, 15) is 9.90 Å². The molecule has 2 N–H and O–H groups in total. The highest BCUT2D eigenvalue weighted by Gasteiger charge is 2.30. The summed E-state index contributed by atoms with van der Waals surface area (Å²) in [5, 5.41) is 12.4. The fraction of sp³-hybridized carbons (Fsp3) is 0.588. The van der Waals surface area contributed by atoms with Crippen LogP contribution in [0.25, 0.3) is 0 Å². The summed E-state index contributed by atoms with van der Waals surface area (Å²) < 4.78 is 0. The second kappa shape index (κ2) is 7.05. The number of nitrogens with one attached hydrogen (secondary N) is 1. The molecular weight excluding hydrogens is 264 g/mol. The van der Waals surface area contributed by atoms with Gasteiger partial charge in [0.05, 0.1) is 6.54 Å². The lowest BCUT2D eigenvalue weighted by atomic mass is 9.83. The van der Waals surface area contributed by atoms with Crippen LogP contribution in [0.5, 0.6) is 0 Å². The number of benzene rings is 1. The van der Waals surface area contributed by atoms with Crippen LogP contribution in [0.3, 0.4) is 0 Å². The van der Waals surface area contributed by atoms with Crippen LogP contribution in [-0.2, 0) is 11.2 Å². The number of piperidine rings is 1. The molecule has 1 aliphatic heterocycles. The van der Waals surface area contributed by atoms with E-state index in [1.165, 1.54) is 5.56 Å². The summed E-state index contributed by atoms with van der Waals surface area (Å²) in [6.07, 6.45) is 3.07. The molecule has 1 amide bonds. The fourth-order valence-electron chi connectivity index (χ4n) is 2.92. The standard InChI is InChI=1S/C17H26N2O2/c1-3-14-5-7-15(8-6-14)18-16(21)11-19-10-4-9-17(2,12-19)13-20/h5-8,20H,3-4,9-13H2,1-2H3,(H,18,21). The van der Waals surface area contributed by atoms with Gasteiger partial charge in [0.2, 0.25) is 5.91 Å². The van der Waals surface area contributed by atoms with E-state index in [4.69, 9.17) is 0 Å². The molecule has 4 nitrogen and oxygen atoms in total. The van der Waals surface area contributed by atoms with Crippen LogP contribution in [0, 0.1) is 5.41 Å². The van der Waals surface area contributed by atoms with E-state index in [0.717, 1.165) is 38.0 Å². The molecule has 0 saturated carbocycles. The summed E-state index contributed by atoms with van der Waals surface area (Å²) in [4.78, 5) is 14.3. The zero-order valence-electron chi connectivity index (χ0n) is 13.1. The summed E-state index contributed by atoms with van der Waals surface area (Å²) >= 11 is 0. The first kappa shape index (κ1) is 16.0. The van der Waals surface area contributed by atoms with Crippen LogP contribution >= 0.6 is 0 Å². The average molecular weight is 290 g/mol. The number of carbonyl (C=O) groups is 1. The number of aliphatic hydroxyl groups excluding tert-OH is 1. The molecular formula is C17H26N2O2. The molecule has 2 rings (SSSR count). The minimum Gasteiger partial charge on any atom is -0.396 e. The van der Waals surface area contributed by atoms with Gasteiger partial charge in [-0.2, -0.15) is 0 Å². The topological polar surface area (TPSA) is 52.6 Å². The molecule has 0 radical (unpaired) electrons. The number of likely N-dealkylation sites (tertiary alicyclic amines) is 1. The first-order chi connectivity index (χ1) is 10.0. The molecule has 0 bridgehead atoms. The van der Waals surface area contributed by atoms with Crippen molar-refractivity contribution < 1.29 is 9.90 Å². The Labute approximate surface area is 127 Å². The van der Waals surface area contributed by atoms with E-state index in [1.54, 1.807) is 0 Å². The van der Waals surface area contributed by atoms with Crippen molar-refractivity contribution in [1.29, 1.82) is 0 Å². The smallest absolute Gasteiger partial charge is 0.238 e. The van der Waals surface area contributed by atoms with Gasteiger partial charge in [0.1, 0.15) is 0 Å². The molecule has 1 aromatic rings. The van der Waals surface area contributed by atoms with E-state index >= 15 is 0 Å². The van der Waals surface area contributed by atoms with Crippen molar-refractivity contribution in [2.45, 2.75) is 33.1 Å². The molecule has 0 aliphatic carbocycles. The monoisotopic (exact) mass is 290 g/mol. The van der Waals surface area contributed by atoms with Gasteiger partial charge in [-0.05, 0) is 43.5 Å². The first-order valence-electron chi connectivity index (χ1n) is 7.77. The largest absolute Gasteiger partial charge is 0.396 e. The lowest BCUT2D eigenvalue weighted by molar-refractivity contribution is -0.118. The summed E-state index contributed by atoms with van der Waals surface area (Å²) in [5.41, 5.74) is 2.04. The lowest BCUT2D eigenvalue weighted by Gasteiger charge is -2.38. The van der Waals surface area contributed by atoms with Crippen molar-refractivity contribution in [2.75, 3.05) is 31.6 Å². The maximum Gasteiger partial charge on any atom is 0.238 e. The molecule has 1 heterocycles. The number of nitrogens with zero attached hydrogens (tertiary/aromatic N) is 1. The van der Waals surface area contributed by atoms with Crippen LogP contribution in [-0.4, -0.2) is 42.2 Å². The Morgan fingerprint density at radius 2 is 2.10 bits per heavy atom. The summed E-state index contributed by atoms with van der Waals surface area (Å²) in [6.45, 7) is 6.49. The minimum atomic E-state index is -0.0682. The SMILES string of the molecule is CCc1ccc(NC(=O)CN2CCCC(C)(CO)C2)cc1. The first-order valence-corrected chi connectivity index (χ1v) is 7.77. The van der Waals surface area contributed by atoms with E-state index in [2.05, 4.69) is 24.1 Å². The number of aliphatic hydroxyl groups is 1. The fourth-order valence-corrected chi connectivity index (χ4v) is 2.92. The number of aryl methyl sites for hydroxylation is 1. The molecule has 1 aliphatic rings. The Hall–Kier alpha value is -1.39. The van der Waals surface area contributed by atoms with Gasteiger partial charge in [-0.3, -0.25) is 9.69 Å². The van der Waals surface area contributed by atoms with Crippen LogP contribution < -0.4 is 5.32 Å². The van der Waals surface area contributed by atoms with Gasteiger partial charge in [-0.15, -0.1) is 0 Å². The molecule has 21 heavy (non-hydrogen) atoms. The molecule has 1 aromatic carbocycles. The van der Waals surface area contributed by atoms with E-state index in [1.807, 2.05) is 24.3 Å². The molecule has 0 spiro atoms. The average Bonchev–Trinajstić information content (AvgIpc) is 2.48. The van der Waals surface area contributed by atoms with Crippen LogP contribution in [0.15, 0.2) is 24.3 Å². The number of carbonyl (C=O) groups excluding carboxylic acids is 1. The van der Waals surface area contributed by atoms with Crippen LogP contribution in [0.4, 0.5) is 5.69 Å². The Bertz CT molecular complexity index is 472. The third kappa shape index (κ3) is 4.55. The molecule has 4 heteroatoms. The highest BCUT2D eigenvalue weighted by Crippen LogP contribution is 2.28. The van der Waals surface area contributed by atoms with Gasteiger partial charge in [-0.1, -0.05) is 26.0 Å². The number of anilines is 1. The van der Waals surface area contributed by atoms with Gasteiger partial charge in [0.25, 0.3) is 0 Å². The van der Waals surface area contributed by atoms with Gasteiger partial charge < -0.3 is 10.4 Å². The third-order valence-electron chi connectivity index (χ3n) is 4.25.